The molecule has 2 nitrogen and oxygen atoms in total. The minimum atomic E-state index is 0.171. The van der Waals surface area contributed by atoms with Crippen molar-refractivity contribution in [1.29, 1.82) is 0 Å². The first kappa shape index (κ1) is 19.8. The van der Waals surface area contributed by atoms with E-state index in [9.17, 15) is 0 Å². The highest BCUT2D eigenvalue weighted by atomic mass is 32.2. The number of thioether (sulfide) groups is 1. The van der Waals surface area contributed by atoms with Gasteiger partial charge in [-0.05, 0) is 67.1 Å². The number of ether oxygens (including phenoxy) is 1. The molecule has 0 radical (unpaired) electrons. The predicted octanol–water partition coefficient (Wildman–Crippen LogP) is 6.63. The number of nitrogens with zero attached hydrogens (tertiary/aromatic N) is 1. The van der Waals surface area contributed by atoms with Crippen molar-refractivity contribution >= 4 is 22.7 Å². The molecule has 3 aromatic rings. The molecule has 0 saturated heterocycles. The third kappa shape index (κ3) is 4.84. The second-order valence-corrected chi connectivity index (χ2v) is 9.34. The molecule has 142 valence electrons. The van der Waals surface area contributed by atoms with Crippen LogP contribution >= 0.6 is 11.8 Å². The van der Waals surface area contributed by atoms with Crippen molar-refractivity contribution < 1.29 is 4.74 Å². The van der Waals surface area contributed by atoms with Gasteiger partial charge in [-0.3, -0.25) is 0 Å². The van der Waals surface area contributed by atoms with E-state index in [0.29, 0.717) is 6.61 Å². The van der Waals surface area contributed by atoms with Crippen LogP contribution in [0.25, 0.3) is 10.9 Å². The lowest BCUT2D eigenvalue weighted by atomic mass is 9.87. The largest absolute Gasteiger partial charge is 0.493 e. The molecule has 0 aliphatic heterocycles. The molecule has 0 bridgehead atoms. The lowest BCUT2D eigenvalue weighted by Gasteiger charge is -2.19. The molecule has 3 heteroatoms. The predicted molar refractivity (Wildman–Crippen MR) is 117 cm³/mol. The summed E-state index contributed by atoms with van der Waals surface area (Å²) in [5.41, 5.74) is 6.42. The summed E-state index contributed by atoms with van der Waals surface area (Å²) in [7, 11) is 0. The standard InChI is InChI=1S/C24H29NOS/c1-16-13-18(3)23-21(14-16)17(2)15-22(25-23)27-12-11-26-20-9-7-19(8-10-20)24(4,5)6/h7-10,13-15H,11-12H2,1-6H3. The van der Waals surface area contributed by atoms with Gasteiger partial charge in [-0.1, -0.05) is 44.5 Å². The summed E-state index contributed by atoms with van der Waals surface area (Å²) in [6.07, 6.45) is 0. The third-order valence-electron chi connectivity index (χ3n) is 4.75. The molecule has 0 spiro atoms. The topological polar surface area (TPSA) is 22.1 Å². The first-order chi connectivity index (χ1) is 12.7. The SMILES string of the molecule is Cc1cc(C)c2nc(SCCOc3ccc(C(C)(C)C)cc3)cc(C)c2c1. The van der Waals surface area contributed by atoms with E-state index in [0.717, 1.165) is 22.0 Å². The monoisotopic (exact) mass is 379 g/mol. The van der Waals surface area contributed by atoms with Gasteiger partial charge in [0.15, 0.2) is 0 Å². The van der Waals surface area contributed by atoms with E-state index in [4.69, 9.17) is 9.72 Å². The van der Waals surface area contributed by atoms with Gasteiger partial charge in [0.1, 0.15) is 5.75 Å². The fourth-order valence-corrected chi connectivity index (χ4v) is 4.04. The molecule has 0 unspecified atom stereocenters. The summed E-state index contributed by atoms with van der Waals surface area (Å²) in [4.78, 5) is 4.87. The average Bonchev–Trinajstić information content (AvgIpc) is 2.59. The van der Waals surface area contributed by atoms with Gasteiger partial charge in [-0.15, -0.1) is 11.8 Å². The third-order valence-corrected chi connectivity index (χ3v) is 5.63. The summed E-state index contributed by atoms with van der Waals surface area (Å²) in [6, 6.07) is 15.1. The highest BCUT2D eigenvalue weighted by Gasteiger charge is 2.13. The van der Waals surface area contributed by atoms with E-state index in [-0.39, 0.29) is 5.41 Å². The Kier molecular flexibility index (Phi) is 5.81. The molecule has 0 atom stereocenters. The maximum atomic E-state index is 5.90. The fraction of sp³-hybridized carbons (Fsp3) is 0.375. The van der Waals surface area contributed by atoms with Crippen LogP contribution in [0, 0.1) is 20.8 Å². The molecular weight excluding hydrogens is 350 g/mol. The smallest absolute Gasteiger partial charge is 0.119 e. The van der Waals surface area contributed by atoms with Crippen molar-refractivity contribution in [2.24, 2.45) is 0 Å². The number of aryl methyl sites for hydroxylation is 3. The van der Waals surface area contributed by atoms with E-state index in [1.54, 1.807) is 11.8 Å². The van der Waals surface area contributed by atoms with Gasteiger partial charge in [-0.25, -0.2) is 4.98 Å². The van der Waals surface area contributed by atoms with Crippen LogP contribution < -0.4 is 4.74 Å². The number of rotatable bonds is 5. The quantitative estimate of drug-likeness (QED) is 0.367. The number of pyridine rings is 1. The molecule has 0 aliphatic rings. The zero-order valence-corrected chi connectivity index (χ0v) is 18.0. The van der Waals surface area contributed by atoms with Crippen molar-refractivity contribution in [3.63, 3.8) is 0 Å². The van der Waals surface area contributed by atoms with Crippen molar-refractivity contribution in [1.82, 2.24) is 4.98 Å². The molecule has 2 aromatic carbocycles. The minimum Gasteiger partial charge on any atom is -0.493 e. The summed E-state index contributed by atoms with van der Waals surface area (Å²) < 4.78 is 5.90. The van der Waals surface area contributed by atoms with Gasteiger partial charge in [0.2, 0.25) is 0 Å². The lowest BCUT2D eigenvalue weighted by Crippen LogP contribution is -2.10. The van der Waals surface area contributed by atoms with Crippen LogP contribution in [0.15, 0.2) is 47.5 Å². The Balaban J connectivity index is 1.61. The molecule has 27 heavy (non-hydrogen) atoms. The fourth-order valence-electron chi connectivity index (χ4n) is 3.25. The number of hydrogen-bond donors (Lipinski definition) is 0. The van der Waals surface area contributed by atoms with E-state index < -0.39 is 0 Å². The van der Waals surface area contributed by atoms with Gasteiger partial charge in [0.05, 0.1) is 17.1 Å². The highest BCUT2D eigenvalue weighted by molar-refractivity contribution is 7.99. The Morgan fingerprint density at radius 3 is 2.30 bits per heavy atom. The molecule has 0 amide bonds. The second-order valence-electron chi connectivity index (χ2n) is 8.23. The van der Waals surface area contributed by atoms with Gasteiger partial charge < -0.3 is 4.74 Å². The van der Waals surface area contributed by atoms with Gasteiger partial charge in [0, 0.05) is 11.1 Å². The second kappa shape index (κ2) is 7.93. The number of hydrogen-bond acceptors (Lipinski definition) is 3. The summed E-state index contributed by atoms with van der Waals surface area (Å²) in [5, 5.41) is 2.32. The summed E-state index contributed by atoms with van der Waals surface area (Å²) >= 11 is 1.75. The van der Waals surface area contributed by atoms with E-state index in [1.807, 2.05) is 0 Å². The first-order valence-electron chi connectivity index (χ1n) is 9.49. The van der Waals surface area contributed by atoms with Crippen LogP contribution in [0.5, 0.6) is 5.75 Å². The van der Waals surface area contributed by atoms with Crippen LogP contribution in [0.1, 0.15) is 43.0 Å². The van der Waals surface area contributed by atoms with E-state index in [2.05, 4.69) is 84.0 Å². The Bertz CT molecular complexity index is 939. The van der Waals surface area contributed by atoms with Crippen molar-refractivity contribution in [3.8, 4) is 5.75 Å². The molecule has 3 rings (SSSR count). The van der Waals surface area contributed by atoms with Crippen LogP contribution in [-0.2, 0) is 5.41 Å². The van der Waals surface area contributed by atoms with E-state index in [1.165, 1.54) is 27.6 Å². The van der Waals surface area contributed by atoms with Gasteiger partial charge in [0.25, 0.3) is 0 Å². The Labute approximate surface area is 167 Å². The molecule has 1 aromatic heterocycles. The van der Waals surface area contributed by atoms with Crippen LogP contribution in [0.2, 0.25) is 0 Å². The van der Waals surface area contributed by atoms with Crippen LogP contribution in [0.3, 0.4) is 0 Å². The zero-order valence-electron chi connectivity index (χ0n) is 17.2. The number of benzene rings is 2. The van der Waals surface area contributed by atoms with Crippen molar-refractivity contribution in [3.05, 3.63) is 64.7 Å². The Morgan fingerprint density at radius 2 is 1.63 bits per heavy atom. The average molecular weight is 380 g/mol. The molecule has 0 N–H and O–H groups in total. The maximum absolute atomic E-state index is 5.90. The zero-order chi connectivity index (χ0) is 19.6. The molecule has 0 saturated carbocycles. The molecule has 0 aliphatic carbocycles. The molecular formula is C24H29NOS. The van der Waals surface area contributed by atoms with Crippen LogP contribution in [-0.4, -0.2) is 17.3 Å². The highest BCUT2D eigenvalue weighted by Crippen LogP contribution is 2.27. The van der Waals surface area contributed by atoms with Crippen molar-refractivity contribution in [2.75, 3.05) is 12.4 Å². The number of fused-ring (bicyclic) bond motifs is 1. The summed E-state index contributed by atoms with van der Waals surface area (Å²) in [6.45, 7) is 13.8. The summed E-state index contributed by atoms with van der Waals surface area (Å²) in [5.74, 6) is 1.81. The van der Waals surface area contributed by atoms with Crippen molar-refractivity contribution in [2.45, 2.75) is 52.0 Å². The van der Waals surface area contributed by atoms with E-state index >= 15 is 0 Å². The first-order valence-corrected chi connectivity index (χ1v) is 10.5. The Hall–Kier alpha value is -2.00. The normalized spacial score (nSPS) is 11.8. The van der Waals surface area contributed by atoms with Gasteiger partial charge in [-0.2, -0.15) is 0 Å². The minimum absolute atomic E-state index is 0.171. The molecule has 0 fully saturated rings. The van der Waals surface area contributed by atoms with Crippen LogP contribution in [0.4, 0.5) is 0 Å². The number of aromatic nitrogens is 1. The lowest BCUT2D eigenvalue weighted by molar-refractivity contribution is 0.343. The molecule has 1 heterocycles. The Morgan fingerprint density at radius 1 is 0.926 bits per heavy atom. The maximum Gasteiger partial charge on any atom is 0.119 e. The van der Waals surface area contributed by atoms with Gasteiger partial charge >= 0.3 is 0 Å².